The summed E-state index contributed by atoms with van der Waals surface area (Å²) in [6.45, 7) is 4.21. The van der Waals surface area contributed by atoms with Gasteiger partial charge in [0, 0.05) is 5.69 Å². The van der Waals surface area contributed by atoms with Crippen LogP contribution >= 0.6 is 0 Å². The molecule has 2 aromatic rings. The van der Waals surface area contributed by atoms with E-state index in [1.54, 1.807) is 7.11 Å². The lowest BCUT2D eigenvalue weighted by molar-refractivity contribution is -0.115. The van der Waals surface area contributed by atoms with E-state index in [9.17, 15) is 4.79 Å². The van der Waals surface area contributed by atoms with Crippen LogP contribution in [0.3, 0.4) is 0 Å². The predicted octanol–water partition coefficient (Wildman–Crippen LogP) is 4.00. The molecule has 0 unspecified atom stereocenters. The molecule has 1 amide bonds. The fourth-order valence-electron chi connectivity index (χ4n) is 2.52. The molecule has 22 heavy (non-hydrogen) atoms. The molecule has 0 radical (unpaired) electrons. The third kappa shape index (κ3) is 3.88. The van der Waals surface area contributed by atoms with Crippen molar-refractivity contribution in [3.8, 4) is 5.75 Å². The Morgan fingerprint density at radius 3 is 2.09 bits per heavy atom. The number of ether oxygens (including phenoxy) is 1. The van der Waals surface area contributed by atoms with E-state index in [4.69, 9.17) is 4.74 Å². The molecule has 0 aliphatic heterocycles. The zero-order valence-electron chi connectivity index (χ0n) is 13.5. The Kier molecular flexibility index (Phi) is 5.59. The van der Waals surface area contributed by atoms with Gasteiger partial charge in [-0.3, -0.25) is 4.79 Å². The molecule has 0 fully saturated rings. The van der Waals surface area contributed by atoms with E-state index < -0.39 is 0 Å². The predicted molar refractivity (Wildman–Crippen MR) is 90.5 cm³/mol. The molecule has 0 aromatic heterocycles. The summed E-state index contributed by atoms with van der Waals surface area (Å²) in [6.07, 6.45) is 2.18. The van der Waals surface area contributed by atoms with Gasteiger partial charge in [0.05, 0.1) is 13.5 Å². The quantitative estimate of drug-likeness (QED) is 0.875. The fraction of sp³-hybridized carbons (Fsp3) is 0.316. The van der Waals surface area contributed by atoms with Crippen LogP contribution in [0.25, 0.3) is 0 Å². The molecule has 0 atom stereocenters. The summed E-state index contributed by atoms with van der Waals surface area (Å²) in [6, 6.07) is 13.8. The largest absolute Gasteiger partial charge is 0.497 e. The summed E-state index contributed by atoms with van der Waals surface area (Å²) in [5.74, 6) is 0.814. The molecule has 3 nitrogen and oxygen atoms in total. The van der Waals surface area contributed by atoms with E-state index in [0.717, 1.165) is 29.8 Å². The maximum atomic E-state index is 12.3. The number of hydrogen-bond donors (Lipinski definition) is 1. The van der Waals surface area contributed by atoms with Gasteiger partial charge in [0.15, 0.2) is 0 Å². The Morgan fingerprint density at radius 1 is 1.00 bits per heavy atom. The first-order chi connectivity index (χ1) is 10.7. The second-order valence-electron chi connectivity index (χ2n) is 5.23. The molecule has 0 spiro atoms. The maximum absolute atomic E-state index is 12.3. The van der Waals surface area contributed by atoms with Gasteiger partial charge in [0.1, 0.15) is 5.75 Å². The van der Waals surface area contributed by atoms with Gasteiger partial charge in [-0.05, 0) is 41.7 Å². The Balaban J connectivity index is 2.11. The van der Waals surface area contributed by atoms with Crippen LogP contribution in [0.5, 0.6) is 5.75 Å². The molecule has 0 aliphatic rings. The molecule has 0 aliphatic carbocycles. The van der Waals surface area contributed by atoms with Gasteiger partial charge >= 0.3 is 0 Å². The van der Waals surface area contributed by atoms with Gasteiger partial charge in [-0.2, -0.15) is 0 Å². The number of nitrogens with one attached hydrogen (secondary N) is 1. The van der Waals surface area contributed by atoms with Crippen LogP contribution in [0.1, 0.15) is 30.5 Å². The van der Waals surface area contributed by atoms with Crippen LogP contribution in [-0.4, -0.2) is 13.0 Å². The van der Waals surface area contributed by atoms with Gasteiger partial charge in [0.2, 0.25) is 5.91 Å². The number of carbonyl (C=O) groups is 1. The van der Waals surface area contributed by atoms with Crippen LogP contribution in [0, 0.1) is 0 Å². The number of methoxy groups -OCH3 is 1. The molecule has 2 rings (SSSR count). The topological polar surface area (TPSA) is 38.3 Å². The van der Waals surface area contributed by atoms with Crippen molar-refractivity contribution in [2.75, 3.05) is 12.4 Å². The summed E-state index contributed by atoms with van der Waals surface area (Å²) < 4.78 is 5.13. The zero-order chi connectivity index (χ0) is 15.9. The second kappa shape index (κ2) is 7.64. The minimum Gasteiger partial charge on any atom is -0.497 e. The summed E-state index contributed by atoms with van der Waals surface area (Å²) in [5.41, 5.74) is 4.32. The van der Waals surface area contributed by atoms with Gasteiger partial charge in [0.25, 0.3) is 0 Å². The minimum atomic E-state index is 0.0146. The normalized spacial score (nSPS) is 10.3. The van der Waals surface area contributed by atoms with Crippen molar-refractivity contribution in [1.29, 1.82) is 0 Å². The van der Waals surface area contributed by atoms with Crippen LogP contribution in [0.15, 0.2) is 42.5 Å². The van der Waals surface area contributed by atoms with Gasteiger partial charge in [-0.25, -0.2) is 0 Å². The molecule has 1 N–H and O–H groups in total. The van der Waals surface area contributed by atoms with E-state index in [1.165, 1.54) is 11.1 Å². The third-order valence-corrected chi connectivity index (χ3v) is 3.79. The maximum Gasteiger partial charge on any atom is 0.228 e. The van der Waals surface area contributed by atoms with Gasteiger partial charge in [-0.1, -0.05) is 44.2 Å². The first kappa shape index (κ1) is 16.1. The molecule has 0 saturated heterocycles. The number of anilines is 1. The lowest BCUT2D eigenvalue weighted by atomic mass is 10.0. The number of amides is 1. The SMILES string of the molecule is CCc1cccc(CC)c1NC(=O)Cc1ccc(OC)cc1. The fourth-order valence-corrected chi connectivity index (χ4v) is 2.52. The van der Waals surface area contributed by atoms with Crippen molar-refractivity contribution in [1.82, 2.24) is 0 Å². The van der Waals surface area contributed by atoms with Crippen molar-refractivity contribution < 1.29 is 9.53 Å². The van der Waals surface area contributed by atoms with Crippen molar-refractivity contribution in [3.05, 3.63) is 59.2 Å². The Labute approximate surface area is 132 Å². The van der Waals surface area contributed by atoms with Crippen LogP contribution in [-0.2, 0) is 24.1 Å². The summed E-state index contributed by atoms with van der Waals surface area (Å²) in [4.78, 5) is 12.3. The summed E-state index contributed by atoms with van der Waals surface area (Å²) >= 11 is 0. The highest BCUT2D eigenvalue weighted by molar-refractivity contribution is 5.93. The van der Waals surface area contributed by atoms with Crippen LogP contribution < -0.4 is 10.1 Å². The van der Waals surface area contributed by atoms with E-state index in [0.29, 0.717) is 6.42 Å². The molecular weight excluding hydrogens is 274 g/mol. The van der Waals surface area contributed by atoms with E-state index in [1.807, 2.05) is 24.3 Å². The summed E-state index contributed by atoms with van der Waals surface area (Å²) in [5, 5.41) is 3.09. The third-order valence-electron chi connectivity index (χ3n) is 3.79. The Hall–Kier alpha value is -2.29. The van der Waals surface area contributed by atoms with E-state index in [-0.39, 0.29) is 5.91 Å². The van der Waals surface area contributed by atoms with Crippen LogP contribution in [0.4, 0.5) is 5.69 Å². The first-order valence-corrected chi connectivity index (χ1v) is 7.71. The molecule has 0 heterocycles. The van der Waals surface area contributed by atoms with Crippen molar-refractivity contribution in [2.45, 2.75) is 33.1 Å². The number of para-hydroxylation sites is 1. The van der Waals surface area contributed by atoms with Crippen molar-refractivity contribution in [2.24, 2.45) is 0 Å². The standard InChI is InChI=1S/C19H23NO2/c1-4-15-7-6-8-16(5-2)19(15)20-18(21)13-14-9-11-17(22-3)12-10-14/h6-12H,4-5,13H2,1-3H3,(H,20,21). The second-order valence-corrected chi connectivity index (χ2v) is 5.23. The smallest absolute Gasteiger partial charge is 0.228 e. The number of aryl methyl sites for hydroxylation is 2. The molecule has 0 bridgehead atoms. The number of benzene rings is 2. The number of rotatable bonds is 6. The van der Waals surface area contributed by atoms with Crippen molar-refractivity contribution >= 4 is 11.6 Å². The monoisotopic (exact) mass is 297 g/mol. The van der Waals surface area contributed by atoms with Crippen molar-refractivity contribution in [3.63, 3.8) is 0 Å². The molecule has 0 saturated carbocycles. The summed E-state index contributed by atoms with van der Waals surface area (Å²) in [7, 11) is 1.63. The van der Waals surface area contributed by atoms with E-state index in [2.05, 4.69) is 37.4 Å². The lowest BCUT2D eigenvalue weighted by Crippen LogP contribution is -2.17. The van der Waals surface area contributed by atoms with Crippen LogP contribution in [0.2, 0.25) is 0 Å². The Bertz CT molecular complexity index is 610. The Morgan fingerprint density at radius 2 is 1.59 bits per heavy atom. The minimum absolute atomic E-state index is 0.0146. The molecule has 3 heteroatoms. The van der Waals surface area contributed by atoms with Gasteiger partial charge in [-0.15, -0.1) is 0 Å². The average molecular weight is 297 g/mol. The zero-order valence-corrected chi connectivity index (χ0v) is 13.5. The highest BCUT2D eigenvalue weighted by Gasteiger charge is 2.10. The average Bonchev–Trinajstić information content (AvgIpc) is 2.55. The first-order valence-electron chi connectivity index (χ1n) is 7.71. The molecular formula is C19H23NO2. The molecule has 2 aromatic carbocycles. The highest BCUT2D eigenvalue weighted by atomic mass is 16.5. The number of carbonyl (C=O) groups excluding carboxylic acids is 1. The van der Waals surface area contributed by atoms with Gasteiger partial charge < -0.3 is 10.1 Å². The highest BCUT2D eigenvalue weighted by Crippen LogP contribution is 2.23. The molecule has 116 valence electrons. The lowest BCUT2D eigenvalue weighted by Gasteiger charge is -2.14. The number of hydrogen-bond acceptors (Lipinski definition) is 2. The van der Waals surface area contributed by atoms with E-state index >= 15 is 0 Å².